The number of ether oxygens (including phenoxy) is 2. The third kappa shape index (κ3) is 4.77. The molecule has 1 amide bonds. The van der Waals surface area contributed by atoms with Gasteiger partial charge in [-0.15, -0.1) is 11.3 Å². The number of furan rings is 1. The van der Waals surface area contributed by atoms with E-state index in [0.717, 1.165) is 19.3 Å². The van der Waals surface area contributed by atoms with Crippen LogP contribution in [0.4, 0.5) is 5.13 Å². The predicted molar refractivity (Wildman–Crippen MR) is 145 cm³/mol. The Morgan fingerprint density at radius 1 is 1.16 bits per heavy atom. The second-order valence-electron chi connectivity index (χ2n) is 8.95. The van der Waals surface area contributed by atoms with Gasteiger partial charge in [-0.05, 0) is 36.2 Å². The summed E-state index contributed by atoms with van der Waals surface area (Å²) in [6.45, 7) is 2.78. The molecular formula is C29H28N2O6S. The summed E-state index contributed by atoms with van der Waals surface area (Å²) < 4.78 is 17.1. The molecule has 0 saturated heterocycles. The van der Waals surface area contributed by atoms with Gasteiger partial charge >= 0.3 is 0 Å². The van der Waals surface area contributed by atoms with Gasteiger partial charge in [-0.3, -0.25) is 14.5 Å². The molecule has 0 spiro atoms. The zero-order valence-corrected chi connectivity index (χ0v) is 22.0. The third-order valence-electron chi connectivity index (χ3n) is 6.49. The van der Waals surface area contributed by atoms with Crippen LogP contribution in [0.2, 0.25) is 0 Å². The van der Waals surface area contributed by atoms with E-state index in [1.807, 2.05) is 12.1 Å². The lowest BCUT2D eigenvalue weighted by atomic mass is 9.95. The number of methoxy groups -OCH3 is 1. The van der Waals surface area contributed by atoms with E-state index in [-0.39, 0.29) is 11.3 Å². The van der Waals surface area contributed by atoms with Crippen LogP contribution in [0, 0.1) is 0 Å². The summed E-state index contributed by atoms with van der Waals surface area (Å²) >= 11 is 1.24. The molecule has 1 aliphatic rings. The van der Waals surface area contributed by atoms with Crippen LogP contribution < -0.4 is 14.4 Å². The number of rotatable bonds is 11. The number of fused-ring (bicyclic) bond motifs is 1. The number of nitrogens with zero attached hydrogens (tertiary/aromatic N) is 2. The lowest BCUT2D eigenvalue weighted by molar-refractivity contribution is -0.117. The van der Waals surface area contributed by atoms with Gasteiger partial charge in [-0.25, -0.2) is 4.98 Å². The van der Waals surface area contributed by atoms with Crippen LogP contribution in [0.1, 0.15) is 54.8 Å². The molecular weight excluding hydrogens is 504 g/mol. The average molecular weight is 533 g/mol. The molecule has 4 aromatic rings. The second-order valence-corrected chi connectivity index (χ2v) is 9.82. The highest BCUT2D eigenvalue weighted by Crippen LogP contribution is 2.43. The van der Waals surface area contributed by atoms with Crippen molar-refractivity contribution in [3.05, 3.63) is 82.8 Å². The van der Waals surface area contributed by atoms with Gasteiger partial charge in [0.1, 0.15) is 5.75 Å². The maximum absolute atomic E-state index is 13.8. The lowest BCUT2D eigenvalue weighted by Gasteiger charge is -2.24. The number of para-hydroxylation sites is 1. The fraction of sp³-hybridized carbons (Fsp3) is 0.276. The van der Waals surface area contributed by atoms with E-state index in [4.69, 9.17) is 13.9 Å². The molecule has 0 radical (unpaired) electrons. The number of hydrogen-bond donors (Lipinski definition) is 1. The van der Waals surface area contributed by atoms with Gasteiger partial charge in [0.05, 0.1) is 25.3 Å². The zero-order chi connectivity index (χ0) is 26.6. The SMILES string of the molecule is CCCCCCOc1ccc(C2C(C(=O)c3cc4cccc(OC)c4o3)=C(O)C(=O)N2c2nccs2)cc1. The Hall–Kier alpha value is -4.11. The van der Waals surface area contributed by atoms with E-state index >= 15 is 0 Å². The van der Waals surface area contributed by atoms with Crippen molar-refractivity contribution in [1.29, 1.82) is 0 Å². The monoisotopic (exact) mass is 532 g/mol. The summed E-state index contributed by atoms with van der Waals surface area (Å²) in [5, 5.41) is 13.7. The van der Waals surface area contributed by atoms with E-state index in [1.165, 1.54) is 29.8 Å². The van der Waals surface area contributed by atoms with Crippen molar-refractivity contribution in [3.63, 3.8) is 0 Å². The highest BCUT2D eigenvalue weighted by atomic mass is 32.1. The van der Waals surface area contributed by atoms with Gasteiger partial charge in [0, 0.05) is 17.0 Å². The third-order valence-corrected chi connectivity index (χ3v) is 7.26. The smallest absolute Gasteiger partial charge is 0.296 e. The molecule has 196 valence electrons. The van der Waals surface area contributed by atoms with Crippen molar-refractivity contribution in [2.24, 2.45) is 0 Å². The summed E-state index contributed by atoms with van der Waals surface area (Å²) in [5.74, 6) is -0.738. The first kappa shape index (κ1) is 25.5. The number of unbranched alkanes of at least 4 members (excludes halogenated alkanes) is 3. The van der Waals surface area contributed by atoms with Crippen molar-refractivity contribution in [1.82, 2.24) is 4.98 Å². The normalized spacial score (nSPS) is 15.5. The minimum absolute atomic E-state index is 0.00290. The second kappa shape index (κ2) is 11.1. The van der Waals surface area contributed by atoms with Crippen LogP contribution in [-0.4, -0.2) is 35.5 Å². The molecule has 38 heavy (non-hydrogen) atoms. The highest BCUT2D eigenvalue weighted by Gasteiger charge is 2.46. The van der Waals surface area contributed by atoms with Gasteiger partial charge in [0.15, 0.2) is 28.0 Å². The molecule has 1 N–H and O–H groups in total. The van der Waals surface area contributed by atoms with Gasteiger partial charge in [-0.2, -0.15) is 0 Å². The van der Waals surface area contributed by atoms with E-state index < -0.39 is 23.5 Å². The first-order valence-corrected chi connectivity index (χ1v) is 13.4. The van der Waals surface area contributed by atoms with E-state index in [2.05, 4.69) is 11.9 Å². The number of thiazole rings is 1. The molecule has 0 saturated carbocycles. The quantitative estimate of drug-likeness (QED) is 0.171. The first-order valence-electron chi connectivity index (χ1n) is 12.5. The number of aromatic nitrogens is 1. The Kier molecular flexibility index (Phi) is 7.46. The minimum Gasteiger partial charge on any atom is -0.503 e. The average Bonchev–Trinajstić information content (AvgIpc) is 3.67. The number of carbonyl (C=O) groups excluding carboxylic acids is 2. The van der Waals surface area contributed by atoms with E-state index in [1.54, 1.807) is 48.0 Å². The van der Waals surface area contributed by atoms with Crippen LogP contribution in [-0.2, 0) is 4.79 Å². The van der Waals surface area contributed by atoms with Crippen LogP contribution in [0.25, 0.3) is 11.0 Å². The van der Waals surface area contributed by atoms with Gasteiger partial charge in [0.2, 0.25) is 5.78 Å². The Bertz CT molecular complexity index is 1470. The lowest BCUT2D eigenvalue weighted by Crippen LogP contribution is -2.30. The van der Waals surface area contributed by atoms with Crippen molar-refractivity contribution in [2.75, 3.05) is 18.6 Å². The molecule has 1 aliphatic heterocycles. The van der Waals surface area contributed by atoms with Gasteiger partial charge in [-0.1, -0.05) is 50.5 Å². The van der Waals surface area contributed by atoms with Crippen LogP contribution in [0.15, 0.2) is 75.9 Å². The van der Waals surface area contributed by atoms with Crippen molar-refractivity contribution >= 4 is 39.1 Å². The Labute approximate surface area is 224 Å². The molecule has 1 atom stereocenters. The topological polar surface area (TPSA) is 102 Å². The number of amides is 1. The molecule has 0 bridgehead atoms. The van der Waals surface area contributed by atoms with E-state index in [9.17, 15) is 14.7 Å². The van der Waals surface area contributed by atoms with Crippen molar-refractivity contribution in [3.8, 4) is 11.5 Å². The molecule has 1 unspecified atom stereocenters. The largest absolute Gasteiger partial charge is 0.503 e. The molecule has 5 rings (SSSR count). The van der Waals surface area contributed by atoms with Crippen LogP contribution >= 0.6 is 11.3 Å². The molecule has 9 heteroatoms. The maximum atomic E-state index is 13.8. The standard InChI is InChI=1S/C29H28N2O6S/c1-3-4-5-6-15-36-20-12-10-18(11-13-20)24-23(26(33)28(34)31(24)29-30-14-16-38-29)25(32)22-17-19-8-7-9-21(35-2)27(19)37-22/h7-14,16-17,24,33H,3-6,15H2,1-2H3. The fourth-order valence-electron chi connectivity index (χ4n) is 4.59. The molecule has 3 heterocycles. The molecule has 0 aliphatic carbocycles. The highest BCUT2D eigenvalue weighted by molar-refractivity contribution is 7.13. The zero-order valence-electron chi connectivity index (χ0n) is 21.2. The van der Waals surface area contributed by atoms with Crippen LogP contribution in [0.5, 0.6) is 11.5 Å². The Balaban J connectivity index is 1.49. The summed E-state index contributed by atoms with van der Waals surface area (Å²) in [4.78, 5) is 32.7. The number of hydrogen-bond acceptors (Lipinski definition) is 8. The Morgan fingerprint density at radius 3 is 2.68 bits per heavy atom. The van der Waals surface area contributed by atoms with E-state index in [0.29, 0.717) is 39.8 Å². The number of ketones is 1. The molecule has 8 nitrogen and oxygen atoms in total. The fourth-order valence-corrected chi connectivity index (χ4v) is 5.26. The predicted octanol–water partition coefficient (Wildman–Crippen LogP) is 6.64. The number of carbonyl (C=O) groups is 2. The summed E-state index contributed by atoms with van der Waals surface area (Å²) in [5.41, 5.74) is 0.973. The number of aliphatic hydroxyl groups excluding tert-OH is 1. The van der Waals surface area contributed by atoms with Crippen molar-refractivity contribution in [2.45, 2.75) is 38.6 Å². The van der Waals surface area contributed by atoms with Gasteiger partial charge < -0.3 is 19.0 Å². The molecule has 0 fully saturated rings. The first-order chi connectivity index (χ1) is 18.5. The summed E-state index contributed by atoms with van der Waals surface area (Å²) in [6.07, 6.45) is 6.00. The van der Waals surface area contributed by atoms with Crippen molar-refractivity contribution < 1.29 is 28.6 Å². The summed E-state index contributed by atoms with van der Waals surface area (Å²) in [6, 6.07) is 13.2. The molecule has 2 aromatic carbocycles. The number of anilines is 1. The maximum Gasteiger partial charge on any atom is 0.296 e. The van der Waals surface area contributed by atoms with Crippen LogP contribution in [0.3, 0.4) is 0 Å². The number of benzene rings is 2. The summed E-state index contributed by atoms with van der Waals surface area (Å²) in [7, 11) is 1.52. The number of Topliss-reactive ketones (excluding diaryl/α,β-unsaturated/α-hetero) is 1. The molecule has 2 aromatic heterocycles. The number of aliphatic hydroxyl groups is 1. The minimum atomic E-state index is -0.894. The Morgan fingerprint density at radius 2 is 1.97 bits per heavy atom. The van der Waals surface area contributed by atoms with Gasteiger partial charge in [0.25, 0.3) is 5.91 Å².